The fourth-order valence-electron chi connectivity index (χ4n) is 4.07. The van der Waals surface area contributed by atoms with Crippen molar-refractivity contribution in [2.45, 2.75) is 17.7 Å². The maximum absolute atomic E-state index is 13.5. The van der Waals surface area contributed by atoms with Crippen molar-refractivity contribution in [3.05, 3.63) is 94.5 Å². The lowest BCUT2D eigenvalue weighted by molar-refractivity contribution is 0.0650. The van der Waals surface area contributed by atoms with Gasteiger partial charge in [0.1, 0.15) is 18.0 Å². The fraction of sp³-hybridized carbons (Fsp3) is 0.273. The number of hydrogen-bond donors (Lipinski definition) is 1. The number of rotatable bonds is 7. The van der Waals surface area contributed by atoms with Crippen molar-refractivity contribution in [1.82, 2.24) is 14.9 Å². The molecule has 0 saturated carbocycles. The van der Waals surface area contributed by atoms with E-state index in [1.54, 1.807) is 12.4 Å². The van der Waals surface area contributed by atoms with Crippen LogP contribution in [0.3, 0.4) is 0 Å². The number of likely N-dealkylation sites (tertiary alicyclic amines) is 1. The Bertz CT molecular complexity index is 1050. The second-order valence-corrected chi connectivity index (χ2v) is 9.23. The molecule has 0 bridgehead atoms. The van der Waals surface area contributed by atoms with Gasteiger partial charge in [0.25, 0.3) is 0 Å². The quantitative estimate of drug-likeness (QED) is 0.530. The van der Waals surface area contributed by atoms with Crippen molar-refractivity contribution in [1.29, 1.82) is 0 Å². The molecule has 9 heteroatoms. The second-order valence-electron chi connectivity index (χ2n) is 7.64. The predicted octanol–water partition coefficient (Wildman–Crippen LogP) is 4.26. The highest BCUT2D eigenvalue weighted by atomic mass is 35.5. The van der Waals surface area contributed by atoms with Gasteiger partial charge in [0.2, 0.25) is 0 Å². The molecule has 31 heavy (non-hydrogen) atoms. The first-order chi connectivity index (χ1) is 14.9. The Kier molecular flexibility index (Phi) is 6.71. The molecular formula is C22H20ClF2N3O2S. The van der Waals surface area contributed by atoms with Crippen molar-refractivity contribution in [3.63, 3.8) is 0 Å². The van der Waals surface area contributed by atoms with Gasteiger partial charge < -0.3 is 4.55 Å². The van der Waals surface area contributed by atoms with Crippen LogP contribution < -0.4 is 0 Å². The molecule has 0 spiro atoms. The molecule has 162 valence electrons. The summed E-state index contributed by atoms with van der Waals surface area (Å²) in [5, 5.41) is 0.00158. The van der Waals surface area contributed by atoms with E-state index in [1.165, 1.54) is 18.5 Å². The molecule has 2 heterocycles. The van der Waals surface area contributed by atoms with Crippen molar-refractivity contribution in [3.8, 4) is 0 Å². The third kappa shape index (κ3) is 5.15. The van der Waals surface area contributed by atoms with E-state index in [2.05, 4.69) is 14.9 Å². The van der Waals surface area contributed by atoms with Crippen molar-refractivity contribution >= 4 is 22.7 Å². The van der Waals surface area contributed by atoms with Gasteiger partial charge in [-0.25, -0.2) is 23.0 Å². The smallest absolute Gasteiger partial charge is 0.156 e. The minimum absolute atomic E-state index is 0.100. The van der Waals surface area contributed by atoms with Crippen molar-refractivity contribution < 1.29 is 17.5 Å². The maximum Gasteiger partial charge on any atom is 0.156 e. The third-order valence-electron chi connectivity index (χ3n) is 5.53. The summed E-state index contributed by atoms with van der Waals surface area (Å²) in [5.41, 5.74) is 2.28. The van der Waals surface area contributed by atoms with Crippen LogP contribution in [0.25, 0.3) is 0 Å². The van der Waals surface area contributed by atoms with Gasteiger partial charge in [0.05, 0.1) is 11.3 Å². The predicted molar refractivity (Wildman–Crippen MR) is 115 cm³/mol. The Morgan fingerprint density at radius 1 is 1.06 bits per heavy atom. The van der Waals surface area contributed by atoms with E-state index in [0.29, 0.717) is 23.7 Å². The average Bonchev–Trinajstić information content (AvgIpc) is 2.70. The molecule has 1 fully saturated rings. The third-order valence-corrected chi connectivity index (χ3v) is 6.85. The molecule has 3 unspecified atom stereocenters. The summed E-state index contributed by atoms with van der Waals surface area (Å²) in [6, 6.07) is 10.6. The summed E-state index contributed by atoms with van der Waals surface area (Å²) < 4.78 is 49.0. The summed E-state index contributed by atoms with van der Waals surface area (Å²) in [5.74, 6) is -1.49. The van der Waals surface area contributed by atoms with Gasteiger partial charge >= 0.3 is 0 Å². The van der Waals surface area contributed by atoms with Crippen LogP contribution in [0.1, 0.15) is 22.7 Å². The highest BCUT2D eigenvalue weighted by Gasteiger charge is 2.40. The van der Waals surface area contributed by atoms with Gasteiger partial charge in [-0.05, 0) is 41.8 Å². The second kappa shape index (κ2) is 9.48. The minimum Gasteiger partial charge on any atom is -0.306 e. The molecule has 4 rings (SSSR count). The van der Waals surface area contributed by atoms with E-state index in [0.717, 1.165) is 17.2 Å². The molecule has 5 nitrogen and oxygen atoms in total. The number of benzene rings is 2. The van der Waals surface area contributed by atoms with Gasteiger partial charge in [0, 0.05) is 48.1 Å². The lowest BCUT2D eigenvalue weighted by Crippen LogP contribution is -2.54. The monoisotopic (exact) mass is 463 g/mol. The number of halogens is 3. The zero-order valence-electron chi connectivity index (χ0n) is 16.4. The Balaban J connectivity index is 1.53. The SMILES string of the molecule is O=S(O)C(Cc1cc(F)cc(F)c1)C1CN(C(c2ccc(Cl)cc2)c2cncnc2)C1. The first kappa shape index (κ1) is 22.0. The average molecular weight is 464 g/mol. The van der Waals surface area contributed by atoms with Crippen LogP contribution in [0.4, 0.5) is 8.78 Å². The minimum atomic E-state index is -2.13. The molecule has 0 radical (unpaired) electrons. The van der Waals surface area contributed by atoms with Crippen molar-refractivity contribution in [2.75, 3.05) is 13.1 Å². The molecule has 2 aromatic carbocycles. The first-order valence-electron chi connectivity index (χ1n) is 9.70. The molecule has 3 aromatic rings. The molecule has 1 aromatic heterocycles. The van der Waals surface area contributed by atoms with Crippen LogP contribution in [0.5, 0.6) is 0 Å². The van der Waals surface area contributed by atoms with Gasteiger partial charge in [-0.15, -0.1) is 0 Å². The van der Waals surface area contributed by atoms with E-state index < -0.39 is 28.0 Å². The van der Waals surface area contributed by atoms with E-state index in [1.807, 2.05) is 24.3 Å². The Labute approximate surface area is 186 Å². The number of hydrogen-bond acceptors (Lipinski definition) is 4. The normalized spacial score (nSPS) is 17.7. The van der Waals surface area contributed by atoms with Crippen LogP contribution >= 0.6 is 11.6 Å². The van der Waals surface area contributed by atoms with Crippen LogP contribution in [0, 0.1) is 17.6 Å². The Morgan fingerprint density at radius 2 is 1.68 bits per heavy atom. The van der Waals surface area contributed by atoms with Crippen LogP contribution in [0.15, 0.2) is 61.2 Å². The maximum atomic E-state index is 13.5. The fourth-order valence-corrected chi connectivity index (χ4v) is 5.03. The molecule has 3 atom stereocenters. The topological polar surface area (TPSA) is 66.3 Å². The molecule has 1 N–H and O–H groups in total. The zero-order chi connectivity index (χ0) is 22.0. The molecule has 0 amide bonds. The molecular weight excluding hydrogens is 444 g/mol. The summed E-state index contributed by atoms with van der Waals surface area (Å²) in [4.78, 5) is 10.4. The van der Waals surface area contributed by atoms with Gasteiger partial charge in [0.15, 0.2) is 11.1 Å². The van der Waals surface area contributed by atoms with Crippen LogP contribution in [-0.2, 0) is 17.5 Å². The molecule has 1 aliphatic heterocycles. The molecule has 0 aliphatic carbocycles. The summed E-state index contributed by atoms with van der Waals surface area (Å²) in [6.45, 7) is 1.11. The highest BCUT2D eigenvalue weighted by Crippen LogP contribution is 2.36. The highest BCUT2D eigenvalue weighted by molar-refractivity contribution is 7.79. The van der Waals surface area contributed by atoms with Crippen LogP contribution in [-0.4, -0.2) is 42.0 Å². The zero-order valence-corrected chi connectivity index (χ0v) is 17.9. The van der Waals surface area contributed by atoms with Gasteiger partial charge in [-0.2, -0.15) is 0 Å². The van der Waals surface area contributed by atoms with Gasteiger partial charge in [-0.3, -0.25) is 4.90 Å². The molecule has 1 saturated heterocycles. The lowest BCUT2D eigenvalue weighted by atomic mass is 9.87. The van der Waals surface area contributed by atoms with Gasteiger partial charge in [-0.1, -0.05) is 23.7 Å². The van der Waals surface area contributed by atoms with Crippen molar-refractivity contribution in [2.24, 2.45) is 5.92 Å². The first-order valence-corrected chi connectivity index (χ1v) is 11.2. The lowest BCUT2D eigenvalue weighted by Gasteiger charge is -2.46. The van der Waals surface area contributed by atoms with E-state index >= 15 is 0 Å². The van der Waals surface area contributed by atoms with E-state index in [9.17, 15) is 17.5 Å². The Hall–Kier alpha value is -2.26. The van der Waals surface area contributed by atoms with Crippen LogP contribution in [0.2, 0.25) is 5.02 Å². The number of aromatic nitrogens is 2. The number of nitrogens with zero attached hydrogens (tertiary/aromatic N) is 3. The largest absolute Gasteiger partial charge is 0.306 e. The standard InChI is InChI=1S/C22H20ClF2N3O2S/c23-18-3-1-15(2-4-18)22(16-9-26-13-27-10-16)28-11-17(12-28)21(31(29)30)7-14-5-19(24)8-20(25)6-14/h1-6,8-10,13,17,21-22H,7,11-12H2,(H,29,30). The molecule has 1 aliphatic rings. The summed E-state index contributed by atoms with van der Waals surface area (Å²) in [7, 11) is 0. The summed E-state index contributed by atoms with van der Waals surface area (Å²) >= 11 is 3.91. The summed E-state index contributed by atoms with van der Waals surface area (Å²) in [6.07, 6.45) is 5.08. The van der Waals surface area contributed by atoms with E-state index in [4.69, 9.17) is 11.6 Å². The van der Waals surface area contributed by atoms with E-state index in [-0.39, 0.29) is 18.4 Å². The Morgan fingerprint density at radius 3 is 2.26 bits per heavy atom.